The number of aromatic nitrogens is 2. The van der Waals surface area contributed by atoms with Crippen molar-refractivity contribution in [1.82, 2.24) is 14.9 Å². The molecule has 1 fully saturated rings. The highest BCUT2D eigenvalue weighted by Crippen LogP contribution is 2.15. The Morgan fingerprint density at radius 1 is 1.10 bits per heavy atom. The Labute approximate surface area is 166 Å². The number of H-pyrrole nitrogens is 1. The van der Waals surface area contributed by atoms with Crippen molar-refractivity contribution in [1.29, 1.82) is 0 Å². The van der Waals surface area contributed by atoms with Crippen molar-refractivity contribution < 1.29 is 14.3 Å². The summed E-state index contributed by atoms with van der Waals surface area (Å²) in [5, 5.41) is 3.41. The van der Waals surface area contributed by atoms with Gasteiger partial charge in [0.15, 0.2) is 0 Å². The van der Waals surface area contributed by atoms with Crippen molar-refractivity contribution in [3.8, 4) is 0 Å². The molecule has 2 amide bonds. The number of nitrogens with one attached hydrogen (secondary N) is 2. The highest BCUT2D eigenvalue weighted by atomic mass is 16.5. The molecular weight excluding hydrogens is 372 g/mol. The molecule has 8 nitrogen and oxygen atoms in total. The average Bonchev–Trinajstić information content (AvgIpc) is 3.03. The van der Waals surface area contributed by atoms with Crippen LogP contribution in [0.5, 0.6) is 0 Å². The minimum absolute atomic E-state index is 0.00780. The first-order chi connectivity index (χ1) is 14.1. The summed E-state index contributed by atoms with van der Waals surface area (Å²) in [5.74, 6) is -0.582. The lowest BCUT2D eigenvalue weighted by Gasteiger charge is -2.19. The van der Waals surface area contributed by atoms with Gasteiger partial charge in [0, 0.05) is 42.5 Å². The summed E-state index contributed by atoms with van der Waals surface area (Å²) < 4.78 is 5.38. The number of carbonyl (C=O) groups excluding carboxylic acids is 2. The van der Waals surface area contributed by atoms with Gasteiger partial charge in [-0.15, -0.1) is 0 Å². The summed E-state index contributed by atoms with van der Waals surface area (Å²) in [4.78, 5) is 45.7. The summed E-state index contributed by atoms with van der Waals surface area (Å²) in [6, 6.07) is 9.89. The summed E-state index contributed by atoms with van der Waals surface area (Å²) in [7, 11) is 0. The van der Waals surface area contributed by atoms with Crippen molar-refractivity contribution in [2.24, 2.45) is 0 Å². The molecule has 1 saturated heterocycles. The highest BCUT2D eigenvalue weighted by molar-refractivity contribution is 6.06. The molecule has 1 aliphatic rings. The van der Waals surface area contributed by atoms with E-state index in [1.807, 2.05) is 0 Å². The van der Waals surface area contributed by atoms with Gasteiger partial charge in [0.2, 0.25) is 0 Å². The molecule has 3 heterocycles. The van der Waals surface area contributed by atoms with Crippen molar-refractivity contribution >= 4 is 28.4 Å². The van der Waals surface area contributed by atoms with Crippen molar-refractivity contribution in [3.05, 3.63) is 70.3 Å². The fourth-order valence-electron chi connectivity index (χ4n) is 3.24. The minimum Gasteiger partial charge on any atom is -0.380 e. The van der Waals surface area contributed by atoms with Crippen LogP contribution >= 0.6 is 0 Å². The maximum absolute atomic E-state index is 12.6. The molecule has 1 aliphatic heterocycles. The topological polar surface area (TPSA) is 104 Å². The monoisotopic (exact) mass is 392 g/mol. The molecule has 4 rings (SSSR count). The number of nitrogens with zero attached hydrogens (tertiary/aromatic N) is 2. The number of fused-ring (bicyclic) bond motifs is 1. The highest BCUT2D eigenvalue weighted by Gasteiger charge is 2.18. The molecule has 0 saturated carbocycles. The van der Waals surface area contributed by atoms with Crippen LogP contribution in [-0.2, 0) is 4.74 Å². The number of hydrogen-bond donors (Lipinski definition) is 2. The van der Waals surface area contributed by atoms with E-state index in [0.29, 0.717) is 48.5 Å². The quantitative estimate of drug-likeness (QED) is 0.710. The number of pyridine rings is 2. The zero-order chi connectivity index (χ0) is 20.2. The van der Waals surface area contributed by atoms with Crippen LogP contribution in [0.2, 0.25) is 0 Å². The van der Waals surface area contributed by atoms with Gasteiger partial charge in [-0.3, -0.25) is 19.4 Å². The van der Waals surface area contributed by atoms with E-state index in [4.69, 9.17) is 4.74 Å². The van der Waals surface area contributed by atoms with Crippen LogP contribution in [0.3, 0.4) is 0 Å². The number of carbonyl (C=O) groups is 2. The second-order valence-corrected chi connectivity index (χ2v) is 6.76. The molecule has 0 radical (unpaired) electrons. The molecule has 29 heavy (non-hydrogen) atoms. The van der Waals surface area contributed by atoms with E-state index < -0.39 is 11.5 Å². The van der Waals surface area contributed by atoms with Crippen LogP contribution in [0.15, 0.2) is 53.6 Å². The predicted molar refractivity (Wildman–Crippen MR) is 108 cm³/mol. The Kier molecular flexibility index (Phi) is 5.35. The van der Waals surface area contributed by atoms with E-state index in [1.165, 1.54) is 12.3 Å². The Bertz CT molecular complexity index is 1100. The number of anilines is 1. The zero-order valence-electron chi connectivity index (χ0n) is 15.7. The first kappa shape index (κ1) is 18.8. The van der Waals surface area contributed by atoms with E-state index in [1.54, 1.807) is 41.4 Å². The van der Waals surface area contributed by atoms with Crippen molar-refractivity contribution in [2.45, 2.75) is 6.42 Å². The van der Waals surface area contributed by atoms with Crippen molar-refractivity contribution in [3.63, 3.8) is 0 Å². The van der Waals surface area contributed by atoms with Crippen LogP contribution in [0.4, 0.5) is 5.69 Å². The molecule has 2 N–H and O–H groups in total. The van der Waals surface area contributed by atoms with Crippen LogP contribution < -0.4 is 10.9 Å². The van der Waals surface area contributed by atoms with E-state index >= 15 is 0 Å². The van der Waals surface area contributed by atoms with Gasteiger partial charge < -0.3 is 19.9 Å². The van der Waals surface area contributed by atoms with Crippen LogP contribution in [-0.4, -0.2) is 53.0 Å². The minimum atomic E-state index is -0.520. The van der Waals surface area contributed by atoms with Gasteiger partial charge in [-0.2, -0.15) is 0 Å². The molecule has 2 aromatic heterocycles. The normalized spacial score (nSPS) is 14.4. The first-order valence-electron chi connectivity index (χ1n) is 9.37. The van der Waals surface area contributed by atoms with Crippen LogP contribution in [0.1, 0.15) is 27.1 Å². The predicted octanol–water partition coefficient (Wildman–Crippen LogP) is 2.04. The second kappa shape index (κ2) is 8.24. The summed E-state index contributed by atoms with van der Waals surface area (Å²) in [5.41, 5.74) is 1.13. The summed E-state index contributed by atoms with van der Waals surface area (Å²) in [6.07, 6.45) is 3.94. The number of hydrogen-bond acceptors (Lipinski definition) is 5. The Hall–Kier alpha value is -3.52. The molecular formula is C21H20N4O4. The molecule has 0 atom stereocenters. The third kappa shape index (κ3) is 4.17. The van der Waals surface area contributed by atoms with Crippen LogP contribution in [0.25, 0.3) is 10.9 Å². The Balaban J connectivity index is 1.48. The van der Waals surface area contributed by atoms with Gasteiger partial charge >= 0.3 is 0 Å². The number of rotatable bonds is 3. The maximum Gasteiger partial charge on any atom is 0.261 e. The number of aromatic amines is 1. The number of amides is 2. The average molecular weight is 392 g/mol. The molecule has 1 aromatic carbocycles. The number of ether oxygens (including phenoxy) is 1. The molecule has 0 unspecified atom stereocenters. The third-order valence-electron chi connectivity index (χ3n) is 4.79. The second-order valence-electron chi connectivity index (χ2n) is 6.76. The lowest BCUT2D eigenvalue weighted by Crippen LogP contribution is -2.33. The smallest absolute Gasteiger partial charge is 0.261 e. The Morgan fingerprint density at radius 3 is 2.76 bits per heavy atom. The van der Waals surface area contributed by atoms with E-state index in [2.05, 4.69) is 15.3 Å². The van der Waals surface area contributed by atoms with Gasteiger partial charge in [0.1, 0.15) is 5.56 Å². The third-order valence-corrected chi connectivity index (χ3v) is 4.79. The van der Waals surface area contributed by atoms with E-state index in [9.17, 15) is 14.4 Å². The molecule has 0 spiro atoms. The molecule has 8 heteroatoms. The van der Waals surface area contributed by atoms with Gasteiger partial charge in [0.25, 0.3) is 17.4 Å². The molecule has 3 aromatic rings. The maximum atomic E-state index is 12.6. The van der Waals surface area contributed by atoms with Crippen molar-refractivity contribution in [2.75, 3.05) is 31.6 Å². The van der Waals surface area contributed by atoms with E-state index in [-0.39, 0.29) is 11.5 Å². The summed E-state index contributed by atoms with van der Waals surface area (Å²) in [6.45, 7) is 2.44. The van der Waals surface area contributed by atoms with Crippen LogP contribution in [0, 0.1) is 0 Å². The van der Waals surface area contributed by atoms with Gasteiger partial charge in [-0.25, -0.2) is 0 Å². The van der Waals surface area contributed by atoms with Gasteiger partial charge in [-0.1, -0.05) is 0 Å². The molecule has 148 valence electrons. The SMILES string of the molecule is O=C(Nc1ccc(C(=O)N2CCCOCC2)cc1)c1cc2ccncc2[nH]c1=O. The fourth-order valence-corrected chi connectivity index (χ4v) is 3.24. The number of benzene rings is 1. The van der Waals surface area contributed by atoms with Gasteiger partial charge in [-0.05, 0) is 42.8 Å². The first-order valence-corrected chi connectivity index (χ1v) is 9.37. The standard InChI is InChI=1S/C21H20N4O4/c26-19(17-12-15-6-7-22-13-18(15)24-20(17)27)23-16-4-2-14(3-5-16)21(28)25-8-1-10-29-11-9-25/h2-7,12-13H,1,8-11H2,(H,23,26)(H,24,27). The molecule has 0 aliphatic carbocycles. The molecule has 0 bridgehead atoms. The van der Waals surface area contributed by atoms with E-state index in [0.717, 1.165) is 6.42 Å². The lowest BCUT2D eigenvalue weighted by atomic mass is 10.1. The largest absolute Gasteiger partial charge is 0.380 e. The Morgan fingerprint density at radius 2 is 1.93 bits per heavy atom. The fraction of sp³-hybridized carbons (Fsp3) is 0.238. The zero-order valence-corrected chi connectivity index (χ0v) is 15.7. The van der Waals surface area contributed by atoms with Gasteiger partial charge in [0.05, 0.1) is 18.3 Å². The lowest BCUT2D eigenvalue weighted by molar-refractivity contribution is 0.0741. The summed E-state index contributed by atoms with van der Waals surface area (Å²) >= 11 is 0.